The summed E-state index contributed by atoms with van der Waals surface area (Å²) in [5.41, 5.74) is 1.83. The van der Waals surface area contributed by atoms with Crippen molar-refractivity contribution in [3.05, 3.63) is 34.9 Å². The topological polar surface area (TPSA) is 114 Å². The highest BCUT2D eigenvalue weighted by atomic mass is 16.6. The summed E-state index contributed by atoms with van der Waals surface area (Å²) < 4.78 is 10.3. The number of esters is 1. The van der Waals surface area contributed by atoms with Crippen LogP contribution in [0.2, 0.25) is 0 Å². The van der Waals surface area contributed by atoms with Crippen molar-refractivity contribution in [3.63, 3.8) is 0 Å². The van der Waals surface area contributed by atoms with Gasteiger partial charge in [0.05, 0.1) is 13.0 Å². The van der Waals surface area contributed by atoms with Gasteiger partial charge in [-0.3, -0.25) is 14.4 Å². The minimum absolute atomic E-state index is 0.0232. The number of hydrogen-bond acceptors (Lipinski definition) is 6. The molecule has 0 aliphatic heterocycles. The van der Waals surface area contributed by atoms with Crippen molar-refractivity contribution < 1.29 is 28.7 Å². The van der Waals surface area contributed by atoms with E-state index in [-0.39, 0.29) is 37.9 Å². The van der Waals surface area contributed by atoms with Crippen molar-refractivity contribution in [2.75, 3.05) is 19.7 Å². The highest BCUT2D eigenvalue weighted by Gasteiger charge is 2.36. The summed E-state index contributed by atoms with van der Waals surface area (Å²) in [4.78, 5) is 53.2. The third-order valence-electron chi connectivity index (χ3n) is 5.75. The number of aryl methyl sites for hydroxylation is 1. The van der Waals surface area contributed by atoms with E-state index in [0.717, 1.165) is 11.1 Å². The molecule has 208 valence electrons. The van der Waals surface area contributed by atoms with Gasteiger partial charge < -0.3 is 25.0 Å². The molecular formula is C28H45N3O6. The van der Waals surface area contributed by atoms with E-state index in [4.69, 9.17) is 9.47 Å². The van der Waals surface area contributed by atoms with Crippen LogP contribution in [0.4, 0.5) is 4.79 Å². The highest BCUT2D eigenvalue weighted by molar-refractivity contribution is 5.92. The van der Waals surface area contributed by atoms with Gasteiger partial charge in [0.25, 0.3) is 0 Å². The number of nitrogens with one attached hydrogen (secondary N) is 2. The molecule has 2 unspecified atom stereocenters. The van der Waals surface area contributed by atoms with E-state index < -0.39 is 35.7 Å². The van der Waals surface area contributed by atoms with Crippen LogP contribution in [0.1, 0.15) is 84.0 Å². The van der Waals surface area contributed by atoms with Gasteiger partial charge in [-0.2, -0.15) is 0 Å². The Labute approximate surface area is 221 Å². The first-order valence-corrected chi connectivity index (χ1v) is 13.0. The molecule has 1 rings (SSSR count). The molecule has 3 amide bonds. The number of rotatable bonds is 12. The Hall–Kier alpha value is -3.10. The Morgan fingerprint density at radius 1 is 1.05 bits per heavy atom. The smallest absolute Gasteiger partial charge is 0.408 e. The summed E-state index contributed by atoms with van der Waals surface area (Å²) in [6, 6.07) is 3.79. The molecule has 0 saturated carbocycles. The number of carbonyl (C=O) groups excluding carboxylic acids is 4. The van der Waals surface area contributed by atoms with E-state index in [1.807, 2.05) is 45.9 Å². The van der Waals surface area contributed by atoms with Gasteiger partial charge in [-0.15, -0.1) is 0 Å². The molecule has 37 heavy (non-hydrogen) atoms. The zero-order chi connectivity index (χ0) is 28.3. The van der Waals surface area contributed by atoms with Crippen molar-refractivity contribution in [1.82, 2.24) is 15.5 Å². The molecule has 0 saturated heterocycles. The standard InChI is InChI=1S/C28H45N3O6/c1-10-31(26(34)22(17-18(3)4)30-27(35)37-28(7,8)9)24(21-14-12-13-19(5)20(21)6)25(33)29-16-15-23(32)36-11-2/h12-14,18,22,24H,10-11,15-17H2,1-9H3,(H,29,33)(H,30,35). The van der Waals surface area contributed by atoms with Crippen LogP contribution in [0, 0.1) is 19.8 Å². The van der Waals surface area contributed by atoms with Crippen molar-refractivity contribution in [2.24, 2.45) is 5.92 Å². The molecule has 2 N–H and O–H groups in total. The van der Waals surface area contributed by atoms with Crippen LogP contribution in [0.25, 0.3) is 0 Å². The van der Waals surface area contributed by atoms with Gasteiger partial charge >= 0.3 is 12.1 Å². The SMILES string of the molecule is CCOC(=O)CCNC(=O)C(c1cccc(C)c1C)N(CC)C(=O)C(CC(C)C)NC(=O)OC(C)(C)C. The van der Waals surface area contributed by atoms with Gasteiger partial charge in [-0.25, -0.2) is 4.79 Å². The van der Waals surface area contributed by atoms with Crippen molar-refractivity contribution in [3.8, 4) is 0 Å². The molecule has 0 heterocycles. The van der Waals surface area contributed by atoms with Gasteiger partial charge in [0.1, 0.15) is 17.7 Å². The number of ether oxygens (including phenoxy) is 2. The third-order valence-corrected chi connectivity index (χ3v) is 5.75. The zero-order valence-electron chi connectivity index (χ0n) is 23.9. The lowest BCUT2D eigenvalue weighted by Crippen LogP contribution is -2.53. The van der Waals surface area contributed by atoms with Crippen LogP contribution in [-0.2, 0) is 23.9 Å². The first-order chi connectivity index (χ1) is 17.2. The predicted octanol–water partition coefficient (Wildman–Crippen LogP) is 4.20. The van der Waals surface area contributed by atoms with Crippen LogP contribution in [0.3, 0.4) is 0 Å². The monoisotopic (exact) mass is 519 g/mol. The molecule has 0 bridgehead atoms. The minimum atomic E-state index is -0.949. The lowest BCUT2D eigenvalue weighted by atomic mass is 9.94. The van der Waals surface area contributed by atoms with Crippen molar-refractivity contribution >= 4 is 23.9 Å². The predicted molar refractivity (Wildman–Crippen MR) is 143 cm³/mol. The van der Waals surface area contributed by atoms with Crippen LogP contribution in [-0.4, -0.2) is 60.1 Å². The second-order valence-electron chi connectivity index (χ2n) is 10.5. The molecule has 1 aromatic carbocycles. The third kappa shape index (κ3) is 10.4. The Balaban J connectivity index is 3.36. The van der Waals surface area contributed by atoms with Crippen LogP contribution in [0.15, 0.2) is 18.2 Å². The van der Waals surface area contributed by atoms with E-state index in [9.17, 15) is 19.2 Å². The summed E-state index contributed by atoms with van der Waals surface area (Å²) in [6.07, 6.45) is -0.293. The van der Waals surface area contributed by atoms with Crippen LogP contribution < -0.4 is 10.6 Å². The molecule has 0 radical (unpaired) electrons. The summed E-state index contributed by atoms with van der Waals surface area (Å²) in [7, 11) is 0. The van der Waals surface area contributed by atoms with Crippen molar-refractivity contribution in [1.29, 1.82) is 0 Å². The molecule has 0 aliphatic carbocycles. The number of hydrogen-bond donors (Lipinski definition) is 2. The molecular weight excluding hydrogens is 474 g/mol. The first kappa shape index (κ1) is 31.9. The maximum atomic E-state index is 13.9. The summed E-state index contributed by atoms with van der Waals surface area (Å²) >= 11 is 0. The summed E-state index contributed by atoms with van der Waals surface area (Å²) in [5.74, 6) is -1.10. The van der Waals surface area contributed by atoms with Crippen molar-refractivity contribution in [2.45, 2.75) is 92.8 Å². The summed E-state index contributed by atoms with van der Waals surface area (Å²) in [5, 5.41) is 5.51. The number of benzene rings is 1. The molecule has 0 fully saturated rings. The zero-order valence-corrected chi connectivity index (χ0v) is 23.9. The van der Waals surface area contributed by atoms with Gasteiger partial charge in [0, 0.05) is 13.1 Å². The Morgan fingerprint density at radius 2 is 1.70 bits per heavy atom. The maximum Gasteiger partial charge on any atom is 0.408 e. The molecule has 0 spiro atoms. The summed E-state index contributed by atoms with van der Waals surface area (Å²) in [6.45, 7) is 17.1. The van der Waals surface area contributed by atoms with E-state index in [2.05, 4.69) is 10.6 Å². The highest BCUT2D eigenvalue weighted by Crippen LogP contribution is 2.28. The molecule has 0 aromatic heterocycles. The molecule has 9 heteroatoms. The van der Waals surface area contributed by atoms with Gasteiger partial charge in [0.15, 0.2) is 0 Å². The second-order valence-corrected chi connectivity index (χ2v) is 10.5. The normalized spacial score (nSPS) is 12.9. The fourth-order valence-corrected chi connectivity index (χ4v) is 3.95. The number of likely N-dealkylation sites (N-methyl/N-ethyl adjacent to an activating group) is 1. The van der Waals surface area contributed by atoms with Gasteiger partial charge in [-0.05, 0) is 77.5 Å². The fourth-order valence-electron chi connectivity index (χ4n) is 3.95. The first-order valence-electron chi connectivity index (χ1n) is 13.0. The van der Waals surface area contributed by atoms with E-state index >= 15 is 0 Å². The largest absolute Gasteiger partial charge is 0.466 e. The fraction of sp³-hybridized carbons (Fsp3) is 0.643. The average Bonchev–Trinajstić information content (AvgIpc) is 2.77. The molecule has 9 nitrogen and oxygen atoms in total. The number of alkyl carbamates (subject to hydrolysis) is 1. The Kier molecular flexibility index (Phi) is 12.6. The van der Waals surface area contributed by atoms with Gasteiger partial charge in [0.2, 0.25) is 11.8 Å². The van der Waals surface area contributed by atoms with Crippen LogP contribution >= 0.6 is 0 Å². The van der Waals surface area contributed by atoms with E-state index in [1.165, 1.54) is 4.90 Å². The average molecular weight is 520 g/mol. The second kappa shape index (κ2) is 14.6. The number of carbonyl (C=O) groups is 4. The lowest BCUT2D eigenvalue weighted by molar-refractivity contribution is -0.144. The number of amides is 3. The molecule has 1 aromatic rings. The van der Waals surface area contributed by atoms with E-state index in [0.29, 0.717) is 12.0 Å². The lowest BCUT2D eigenvalue weighted by Gasteiger charge is -2.35. The van der Waals surface area contributed by atoms with Gasteiger partial charge in [-0.1, -0.05) is 32.0 Å². The number of nitrogens with zero attached hydrogens (tertiary/aromatic N) is 1. The van der Waals surface area contributed by atoms with E-state index in [1.54, 1.807) is 34.6 Å². The quantitative estimate of drug-likeness (QED) is 0.400. The Morgan fingerprint density at radius 3 is 2.24 bits per heavy atom. The Bertz CT molecular complexity index is 938. The van der Waals surface area contributed by atoms with Crippen LogP contribution in [0.5, 0.6) is 0 Å². The molecule has 2 atom stereocenters. The minimum Gasteiger partial charge on any atom is -0.466 e. The molecule has 0 aliphatic rings. The maximum absolute atomic E-state index is 13.9.